The fraction of sp³-hybridized carbons (Fsp3) is 0.667. The zero-order valence-corrected chi connectivity index (χ0v) is 16.7. The van der Waals surface area contributed by atoms with Gasteiger partial charge >= 0.3 is 12.4 Å². The van der Waals surface area contributed by atoms with Crippen molar-refractivity contribution in [3.05, 3.63) is 34.9 Å². The Morgan fingerprint density at radius 1 is 0.821 bits per heavy atom. The van der Waals surface area contributed by atoms with Crippen LogP contribution in [-0.4, -0.2) is 31.1 Å². The van der Waals surface area contributed by atoms with Crippen LogP contribution >= 0.6 is 24.8 Å². The number of rotatable bonds is 3. The van der Waals surface area contributed by atoms with Crippen LogP contribution in [0, 0.1) is 5.92 Å². The molecular weight excluding hydrogens is 429 g/mol. The molecule has 2 nitrogen and oxygen atoms in total. The van der Waals surface area contributed by atoms with E-state index in [-0.39, 0.29) is 42.4 Å². The van der Waals surface area contributed by atoms with E-state index in [1.165, 1.54) is 0 Å². The molecule has 1 saturated carbocycles. The van der Waals surface area contributed by atoms with E-state index < -0.39 is 29.5 Å². The summed E-state index contributed by atoms with van der Waals surface area (Å²) in [6.45, 7) is 2.63. The van der Waals surface area contributed by atoms with Gasteiger partial charge < -0.3 is 5.32 Å². The molecule has 1 aromatic rings. The second-order valence-corrected chi connectivity index (χ2v) is 7.11. The lowest BCUT2D eigenvalue weighted by molar-refractivity contribution is -0.143. The van der Waals surface area contributed by atoms with Gasteiger partial charge in [0.05, 0.1) is 11.1 Å². The largest absolute Gasteiger partial charge is 0.416 e. The van der Waals surface area contributed by atoms with Gasteiger partial charge in [-0.25, -0.2) is 0 Å². The van der Waals surface area contributed by atoms with Gasteiger partial charge in [-0.3, -0.25) is 4.90 Å². The molecule has 2 fully saturated rings. The van der Waals surface area contributed by atoms with Crippen molar-refractivity contribution in [3.8, 4) is 0 Å². The van der Waals surface area contributed by atoms with Gasteiger partial charge in [0, 0.05) is 32.2 Å². The summed E-state index contributed by atoms with van der Waals surface area (Å²) < 4.78 is 79.4. The van der Waals surface area contributed by atoms with Gasteiger partial charge in [0.1, 0.15) is 0 Å². The van der Waals surface area contributed by atoms with Crippen LogP contribution in [0.4, 0.5) is 26.3 Å². The second-order valence-electron chi connectivity index (χ2n) is 7.11. The maximum Gasteiger partial charge on any atom is 0.416 e. The first-order valence-electron chi connectivity index (χ1n) is 8.90. The summed E-state index contributed by atoms with van der Waals surface area (Å²) in [6.07, 6.45) is -5.99. The monoisotopic (exact) mass is 452 g/mol. The molecule has 1 aliphatic carbocycles. The Morgan fingerprint density at radius 3 is 1.71 bits per heavy atom. The van der Waals surface area contributed by atoms with Crippen LogP contribution in [0.1, 0.15) is 48.4 Å². The number of hydrogen-bond donors (Lipinski definition) is 1. The van der Waals surface area contributed by atoms with Gasteiger partial charge in [-0.1, -0.05) is 12.8 Å². The highest BCUT2D eigenvalue weighted by Crippen LogP contribution is 2.43. The molecule has 0 aromatic heterocycles. The van der Waals surface area contributed by atoms with Crippen LogP contribution in [0.25, 0.3) is 0 Å². The highest BCUT2D eigenvalue weighted by Gasteiger charge is 2.39. The molecule has 2 aliphatic rings. The zero-order chi connectivity index (χ0) is 18.9. The van der Waals surface area contributed by atoms with Crippen LogP contribution < -0.4 is 5.32 Å². The van der Waals surface area contributed by atoms with Gasteiger partial charge in [-0.15, -0.1) is 24.8 Å². The minimum absolute atomic E-state index is 0. The number of halogens is 8. The molecule has 1 saturated heterocycles. The molecule has 1 heterocycles. The molecule has 0 spiro atoms. The Bertz CT molecular complexity index is 591. The van der Waals surface area contributed by atoms with Crippen molar-refractivity contribution in [2.24, 2.45) is 5.92 Å². The molecule has 162 valence electrons. The molecule has 3 rings (SSSR count). The van der Waals surface area contributed by atoms with Gasteiger partial charge in [0.25, 0.3) is 0 Å². The number of hydrogen-bond acceptors (Lipinski definition) is 2. The molecule has 1 atom stereocenters. The predicted octanol–water partition coefficient (Wildman–Crippen LogP) is 5.70. The lowest BCUT2D eigenvalue weighted by Crippen LogP contribution is -2.46. The minimum atomic E-state index is -4.81. The first-order valence-corrected chi connectivity index (χ1v) is 8.90. The molecule has 10 heteroatoms. The summed E-state index contributed by atoms with van der Waals surface area (Å²) in [5, 5.41) is 3.18. The van der Waals surface area contributed by atoms with E-state index in [1.807, 2.05) is 4.90 Å². The summed E-state index contributed by atoms with van der Waals surface area (Å²) in [5.74, 6) is 0.0951. The van der Waals surface area contributed by atoms with Crippen LogP contribution in [-0.2, 0) is 12.4 Å². The maximum absolute atomic E-state index is 13.2. The number of piperazine rings is 1. The van der Waals surface area contributed by atoms with E-state index in [0.717, 1.165) is 37.8 Å². The molecule has 1 aromatic carbocycles. The standard InChI is InChI=1S/C18H22F6N2.2ClH/c19-17(20,21)14-9-13(10-15(11-14)18(22,23)24)16(12-3-1-2-4-12)26-7-5-25-6-8-26;;/h9-12,16,25H,1-8H2;2*1H/t16-;;/m0../s1. The molecule has 0 bridgehead atoms. The average Bonchev–Trinajstić information content (AvgIpc) is 3.08. The Hall–Kier alpha value is -0.700. The van der Waals surface area contributed by atoms with Gasteiger partial charge in [-0.2, -0.15) is 26.3 Å². The van der Waals surface area contributed by atoms with E-state index in [9.17, 15) is 26.3 Å². The van der Waals surface area contributed by atoms with Gasteiger partial charge in [0.2, 0.25) is 0 Å². The molecule has 0 radical (unpaired) electrons. The van der Waals surface area contributed by atoms with Crippen molar-refractivity contribution in [2.45, 2.75) is 44.1 Å². The normalized spacial score (nSPS) is 20.4. The Balaban J connectivity index is 0.00000196. The fourth-order valence-corrected chi connectivity index (χ4v) is 4.16. The average molecular weight is 453 g/mol. The lowest BCUT2D eigenvalue weighted by atomic mass is 9.87. The third-order valence-corrected chi connectivity index (χ3v) is 5.34. The Kier molecular flexibility index (Phi) is 8.93. The van der Waals surface area contributed by atoms with E-state index in [1.54, 1.807) is 0 Å². The quantitative estimate of drug-likeness (QED) is 0.591. The molecule has 28 heavy (non-hydrogen) atoms. The topological polar surface area (TPSA) is 15.3 Å². The fourth-order valence-electron chi connectivity index (χ4n) is 4.16. The summed E-state index contributed by atoms with van der Waals surface area (Å²) in [4.78, 5) is 2.04. The predicted molar refractivity (Wildman–Crippen MR) is 100 cm³/mol. The van der Waals surface area contributed by atoms with Crippen molar-refractivity contribution in [1.82, 2.24) is 10.2 Å². The summed E-state index contributed by atoms with van der Waals surface area (Å²) in [5.41, 5.74) is -2.30. The summed E-state index contributed by atoms with van der Waals surface area (Å²) >= 11 is 0. The third kappa shape index (κ3) is 5.90. The Labute approximate surface area is 172 Å². The van der Waals surface area contributed by atoms with Crippen molar-refractivity contribution >= 4 is 24.8 Å². The van der Waals surface area contributed by atoms with Crippen molar-refractivity contribution in [2.75, 3.05) is 26.2 Å². The van der Waals surface area contributed by atoms with Gasteiger partial charge in [0.15, 0.2) is 0 Å². The van der Waals surface area contributed by atoms with E-state index in [0.29, 0.717) is 26.2 Å². The lowest BCUT2D eigenvalue weighted by Gasteiger charge is -2.39. The van der Waals surface area contributed by atoms with Crippen molar-refractivity contribution < 1.29 is 26.3 Å². The SMILES string of the molecule is Cl.Cl.FC(F)(F)c1cc([C@H](C2CCCC2)N2CCNCC2)cc(C(F)(F)F)c1. The summed E-state index contributed by atoms with van der Waals surface area (Å²) in [6, 6.07) is 1.65. The van der Waals surface area contributed by atoms with E-state index in [4.69, 9.17) is 0 Å². The maximum atomic E-state index is 13.2. The zero-order valence-electron chi connectivity index (χ0n) is 15.1. The smallest absolute Gasteiger partial charge is 0.314 e. The first-order chi connectivity index (χ1) is 12.2. The molecule has 0 unspecified atom stereocenters. The highest BCUT2D eigenvalue weighted by atomic mass is 35.5. The Morgan fingerprint density at radius 2 is 1.29 bits per heavy atom. The van der Waals surface area contributed by atoms with Crippen LogP contribution in [0.5, 0.6) is 0 Å². The van der Waals surface area contributed by atoms with E-state index in [2.05, 4.69) is 5.32 Å². The van der Waals surface area contributed by atoms with E-state index >= 15 is 0 Å². The number of nitrogens with zero attached hydrogens (tertiary/aromatic N) is 1. The number of benzene rings is 1. The number of alkyl halides is 6. The first kappa shape index (κ1) is 25.3. The van der Waals surface area contributed by atoms with Crippen LogP contribution in [0.2, 0.25) is 0 Å². The van der Waals surface area contributed by atoms with Crippen molar-refractivity contribution in [3.63, 3.8) is 0 Å². The number of nitrogens with one attached hydrogen (secondary N) is 1. The highest BCUT2D eigenvalue weighted by molar-refractivity contribution is 5.85. The molecular formula is C18H24Cl2F6N2. The second kappa shape index (κ2) is 9.87. The molecule has 0 amide bonds. The van der Waals surface area contributed by atoms with Gasteiger partial charge in [-0.05, 0) is 42.5 Å². The summed E-state index contributed by atoms with van der Waals surface area (Å²) in [7, 11) is 0. The molecule has 1 aliphatic heterocycles. The third-order valence-electron chi connectivity index (χ3n) is 5.34. The van der Waals surface area contributed by atoms with Crippen molar-refractivity contribution in [1.29, 1.82) is 0 Å². The minimum Gasteiger partial charge on any atom is -0.314 e. The van der Waals surface area contributed by atoms with Crippen LogP contribution in [0.15, 0.2) is 18.2 Å². The van der Waals surface area contributed by atoms with Crippen LogP contribution in [0.3, 0.4) is 0 Å². The molecule has 1 N–H and O–H groups in total.